The average Bonchev–Trinajstić information content (AvgIpc) is 3.14. The van der Waals surface area contributed by atoms with Crippen LogP contribution in [0.4, 0.5) is 0 Å². The van der Waals surface area contributed by atoms with Crippen LogP contribution in [-0.2, 0) is 23.4 Å². The van der Waals surface area contributed by atoms with Gasteiger partial charge >= 0.3 is 0 Å². The number of hydrogen-bond acceptors (Lipinski definition) is 6. The summed E-state index contributed by atoms with van der Waals surface area (Å²) in [7, 11) is 0. The lowest BCUT2D eigenvalue weighted by molar-refractivity contribution is -0.121. The summed E-state index contributed by atoms with van der Waals surface area (Å²) in [6.45, 7) is 0. The van der Waals surface area contributed by atoms with Crippen LogP contribution in [-0.4, -0.2) is 27.5 Å². The largest absolute Gasteiger partial charge is 0.309 e. The Morgan fingerprint density at radius 1 is 1.19 bits per heavy atom. The monoisotopic (exact) mass is 476 g/mol. The van der Waals surface area contributed by atoms with Crippen molar-refractivity contribution >= 4 is 56.7 Å². The molecular weight excluding hydrogens is 456 g/mol. The number of nitrogens with one attached hydrogen (secondary N) is 3. The predicted molar refractivity (Wildman–Crippen MR) is 125 cm³/mol. The van der Waals surface area contributed by atoms with Crippen LogP contribution in [0, 0.1) is 0 Å². The first-order valence-corrected chi connectivity index (χ1v) is 12.3. The van der Waals surface area contributed by atoms with Gasteiger partial charge in [0.1, 0.15) is 10.7 Å². The number of thioether (sulfide) groups is 1. The Morgan fingerprint density at radius 2 is 2.00 bits per heavy atom. The summed E-state index contributed by atoms with van der Waals surface area (Å²) in [5.41, 5.74) is 6.14. The molecular formula is C21H21ClN4O3S2. The number of hydrogen-bond donors (Lipinski definition) is 3. The molecule has 2 amide bonds. The van der Waals surface area contributed by atoms with Crippen molar-refractivity contribution in [3.05, 3.63) is 61.5 Å². The van der Waals surface area contributed by atoms with Crippen LogP contribution in [0.25, 0.3) is 10.2 Å². The van der Waals surface area contributed by atoms with E-state index in [-0.39, 0.29) is 17.9 Å². The lowest BCUT2D eigenvalue weighted by Crippen LogP contribution is -2.41. The molecule has 0 spiro atoms. The molecule has 0 atom stereocenters. The summed E-state index contributed by atoms with van der Waals surface area (Å²) in [6.07, 6.45) is 4.49. The van der Waals surface area contributed by atoms with E-state index in [1.807, 2.05) is 0 Å². The van der Waals surface area contributed by atoms with Crippen LogP contribution < -0.4 is 16.4 Å². The molecule has 0 radical (unpaired) electrons. The van der Waals surface area contributed by atoms with Crippen molar-refractivity contribution in [1.82, 2.24) is 20.8 Å². The smallest absolute Gasteiger partial charge is 0.271 e. The third-order valence-corrected chi connectivity index (χ3v) is 7.51. The Balaban J connectivity index is 1.25. The van der Waals surface area contributed by atoms with E-state index >= 15 is 0 Å². The Hall–Kier alpha value is -2.36. The molecule has 0 unspecified atom stereocenters. The summed E-state index contributed by atoms with van der Waals surface area (Å²) < 4.78 is 0. The number of amides is 2. The van der Waals surface area contributed by atoms with Crippen LogP contribution in [0.2, 0.25) is 5.02 Å². The number of nitrogens with zero attached hydrogens (tertiary/aromatic N) is 1. The summed E-state index contributed by atoms with van der Waals surface area (Å²) in [5, 5.41) is 1.07. The van der Waals surface area contributed by atoms with Gasteiger partial charge in [0.15, 0.2) is 0 Å². The van der Waals surface area contributed by atoms with E-state index in [0.717, 1.165) is 29.5 Å². The van der Waals surface area contributed by atoms with Gasteiger partial charge in [-0.1, -0.05) is 23.7 Å². The zero-order valence-corrected chi connectivity index (χ0v) is 19.0. The fourth-order valence-electron chi connectivity index (χ4n) is 3.51. The van der Waals surface area contributed by atoms with Gasteiger partial charge in [0.05, 0.1) is 21.7 Å². The zero-order valence-electron chi connectivity index (χ0n) is 16.6. The zero-order chi connectivity index (χ0) is 21.8. The molecule has 2 heterocycles. The van der Waals surface area contributed by atoms with Crippen molar-refractivity contribution in [3.63, 3.8) is 0 Å². The van der Waals surface area contributed by atoms with Crippen molar-refractivity contribution in [2.24, 2.45) is 0 Å². The normalized spacial score (nSPS) is 13.1. The highest BCUT2D eigenvalue weighted by atomic mass is 35.5. The number of aromatic amines is 1. The lowest BCUT2D eigenvalue weighted by atomic mass is 9.97. The molecule has 0 aliphatic heterocycles. The van der Waals surface area contributed by atoms with Crippen molar-refractivity contribution in [2.45, 2.75) is 37.9 Å². The molecule has 3 N–H and O–H groups in total. The molecule has 1 aliphatic carbocycles. The number of carbonyl (C=O) groups excluding carboxylic acids is 2. The van der Waals surface area contributed by atoms with E-state index in [2.05, 4.69) is 20.8 Å². The first kappa shape index (κ1) is 21.9. The molecule has 0 saturated carbocycles. The third kappa shape index (κ3) is 5.11. The van der Waals surface area contributed by atoms with E-state index in [9.17, 15) is 14.4 Å². The van der Waals surface area contributed by atoms with E-state index in [1.165, 1.54) is 28.6 Å². The van der Waals surface area contributed by atoms with Crippen molar-refractivity contribution in [2.75, 3.05) is 5.75 Å². The fraction of sp³-hybridized carbons (Fsp3) is 0.333. The van der Waals surface area contributed by atoms with E-state index in [0.29, 0.717) is 27.9 Å². The van der Waals surface area contributed by atoms with Gasteiger partial charge in [0.2, 0.25) is 5.91 Å². The third-order valence-electron chi connectivity index (χ3n) is 5.02. The van der Waals surface area contributed by atoms with Crippen molar-refractivity contribution in [1.29, 1.82) is 0 Å². The van der Waals surface area contributed by atoms with Crippen LogP contribution in [0.3, 0.4) is 0 Å². The number of aromatic nitrogens is 2. The second kappa shape index (κ2) is 9.84. The molecule has 162 valence electrons. The SMILES string of the molecule is O=C(CCSCc1nc2sc3c(c2c(=O)[nH]1)CCCC3)NNC(=O)c1ccccc1Cl. The molecule has 31 heavy (non-hydrogen) atoms. The minimum Gasteiger partial charge on any atom is -0.309 e. The summed E-state index contributed by atoms with van der Waals surface area (Å²) >= 11 is 9.09. The number of halogens is 1. The predicted octanol–water partition coefficient (Wildman–Crippen LogP) is 3.60. The van der Waals surface area contributed by atoms with Gasteiger partial charge in [0, 0.05) is 17.1 Å². The van der Waals surface area contributed by atoms with E-state index in [4.69, 9.17) is 11.6 Å². The van der Waals surface area contributed by atoms with Gasteiger partial charge in [-0.2, -0.15) is 11.8 Å². The number of aryl methyl sites for hydroxylation is 2. The van der Waals surface area contributed by atoms with Crippen LogP contribution >= 0.6 is 34.7 Å². The standard InChI is InChI=1S/C21H21ClN4O3S2/c22-14-7-3-1-5-12(14)19(28)26-25-17(27)9-10-30-11-16-23-20(29)18-13-6-2-4-8-15(13)31-21(18)24-16/h1,3,5,7H,2,4,6,8-11H2,(H,25,27)(H,26,28)(H,23,24,29). The molecule has 1 aromatic carbocycles. The molecule has 7 nitrogen and oxygen atoms in total. The number of carbonyl (C=O) groups is 2. The molecule has 3 aromatic rings. The second-order valence-electron chi connectivity index (χ2n) is 7.19. The van der Waals surface area contributed by atoms with Gasteiger partial charge in [0.25, 0.3) is 11.5 Å². The highest BCUT2D eigenvalue weighted by Crippen LogP contribution is 2.33. The summed E-state index contributed by atoms with van der Waals surface area (Å²) in [6, 6.07) is 6.60. The molecule has 0 bridgehead atoms. The first-order valence-electron chi connectivity index (χ1n) is 9.98. The Kier molecular flexibility index (Phi) is 6.94. The number of H-pyrrole nitrogens is 1. The minimum atomic E-state index is -0.472. The minimum absolute atomic E-state index is 0.0694. The van der Waals surface area contributed by atoms with Gasteiger partial charge < -0.3 is 4.98 Å². The second-order valence-corrected chi connectivity index (χ2v) is 9.78. The van der Waals surface area contributed by atoms with Gasteiger partial charge in [-0.3, -0.25) is 25.2 Å². The van der Waals surface area contributed by atoms with Gasteiger partial charge in [-0.15, -0.1) is 11.3 Å². The maximum absolute atomic E-state index is 12.6. The van der Waals surface area contributed by atoms with E-state index < -0.39 is 5.91 Å². The van der Waals surface area contributed by atoms with Crippen LogP contribution in [0.5, 0.6) is 0 Å². The Bertz CT molecular complexity index is 1190. The first-order chi connectivity index (χ1) is 15.0. The Labute approximate surface area is 192 Å². The quantitative estimate of drug-likeness (QED) is 0.372. The maximum atomic E-state index is 12.6. The van der Waals surface area contributed by atoms with Gasteiger partial charge in [-0.05, 0) is 43.4 Å². The number of rotatable bonds is 6. The highest BCUT2D eigenvalue weighted by molar-refractivity contribution is 7.98. The fourth-order valence-corrected chi connectivity index (χ4v) is 5.82. The lowest BCUT2D eigenvalue weighted by Gasteiger charge is -2.09. The number of thiophene rings is 1. The molecule has 0 saturated heterocycles. The molecule has 10 heteroatoms. The van der Waals surface area contributed by atoms with Crippen LogP contribution in [0.1, 0.15) is 45.9 Å². The Morgan fingerprint density at radius 3 is 2.84 bits per heavy atom. The number of fused-ring (bicyclic) bond motifs is 3. The van der Waals surface area contributed by atoms with Gasteiger partial charge in [-0.25, -0.2) is 4.98 Å². The van der Waals surface area contributed by atoms with Crippen LogP contribution in [0.15, 0.2) is 29.1 Å². The maximum Gasteiger partial charge on any atom is 0.271 e. The summed E-state index contributed by atoms with van der Waals surface area (Å²) in [4.78, 5) is 46.2. The molecule has 0 fully saturated rings. The van der Waals surface area contributed by atoms with Crippen molar-refractivity contribution < 1.29 is 9.59 Å². The van der Waals surface area contributed by atoms with Crippen molar-refractivity contribution in [3.8, 4) is 0 Å². The highest BCUT2D eigenvalue weighted by Gasteiger charge is 2.19. The average molecular weight is 477 g/mol. The topological polar surface area (TPSA) is 104 Å². The number of benzene rings is 1. The number of hydrazine groups is 1. The molecule has 1 aliphatic rings. The van der Waals surface area contributed by atoms with E-state index in [1.54, 1.807) is 35.6 Å². The molecule has 2 aromatic heterocycles. The summed E-state index contributed by atoms with van der Waals surface area (Å²) in [5.74, 6) is 0.869. The molecule has 4 rings (SSSR count).